The molecular formula is C51H40O20. The second-order valence-electron chi connectivity index (χ2n) is 17.6. The predicted octanol–water partition coefficient (Wildman–Crippen LogP) is 4.76. The number of aliphatic hydroxyl groups is 2. The average Bonchev–Trinajstić information content (AvgIpc) is 3.52. The Bertz CT molecular complexity index is 3590. The minimum absolute atomic E-state index is 0.0149. The van der Waals surface area contributed by atoms with E-state index in [0.29, 0.717) is 0 Å². The topological polar surface area (TPSA) is 351 Å². The van der Waals surface area contributed by atoms with Crippen LogP contribution in [0.25, 0.3) is 21.5 Å². The van der Waals surface area contributed by atoms with Gasteiger partial charge in [0.15, 0.2) is 52.8 Å². The molecule has 7 aromatic rings. The van der Waals surface area contributed by atoms with E-state index >= 15 is 0 Å². The first-order chi connectivity index (χ1) is 33.7. The van der Waals surface area contributed by atoms with Crippen LogP contribution in [0.5, 0.6) is 80.5 Å². The second-order valence-corrected chi connectivity index (χ2v) is 17.6. The van der Waals surface area contributed by atoms with Crippen molar-refractivity contribution in [3.8, 4) is 80.5 Å². The van der Waals surface area contributed by atoms with Crippen molar-refractivity contribution in [2.75, 3.05) is 0 Å². The molecule has 0 bridgehead atoms. The van der Waals surface area contributed by atoms with E-state index in [1.807, 2.05) is 0 Å². The minimum atomic E-state index is -1.64. The fourth-order valence-electron chi connectivity index (χ4n) is 9.71. The van der Waals surface area contributed by atoms with Gasteiger partial charge in [-0.3, -0.25) is 9.59 Å². The van der Waals surface area contributed by atoms with Crippen LogP contribution in [0.1, 0.15) is 67.6 Å². The molecule has 364 valence electrons. The number of carbonyl (C=O) groups excluding carboxylic acids is 1. The van der Waals surface area contributed by atoms with E-state index in [-0.39, 0.29) is 103 Å². The Morgan fingerprint density at radius 1 is 0.535 bits per heavy atom. The first kappa shape index (κ1) is 45.8. The van der Waals surface area contributed by atoms with Gasteiger partial charge < -0.3 is 85.3 Å². The highest BCUT2D eigenvalue weighted by Crippen LogP contribution is 2.50. The summed E-state index contributed by atoms with van der Waals surface area (Å²) in [6.07, 6.45) is -9.92. The number of phenols is 9. The van der Waals surface area contributed by atoms with Gasteiger partial charge in [-0.15, -0.1) is 0 Å². The molecule has 0 amide bonds. The summed E-state index contributed by atoms with van der Waals surface area (Å²) in [4.78, 5) is 42.3. The average molecular weight is 973 g/mol. The number of phenolic OH excluding ortho intramolecular Hbond substituents is 9. The van der Waals surface area contributed by atoms with Gasteiger partial charge in [0.25, 0.3) is 0 Å². The Kier molecular flexibility index (Phi) is 10.7. The van der Waals surface area contributed by atoms with Crippen LogP contribution in [0.15, 0.2) is 82.4 Å². The molecule has 0 aliphatic carbocycles. The number of aliphatic hydroxyl groups excluding tert-OH is 2. The number of rotatable bonds is 5. The fourth-order valence-corrected chi connectivity index (χ4v) is 9.71. The maximum atomic E-state index is 14.6. The summed E-state index contributed by atoms with van der Waals surface area (Å²) < 4.78 is 24.5. The van der Waals surface area contributed by atoms with Crippen molar-refractivity contribution in [3.63, 3.8) is 0 Å². The van der Waals surface area contributed by atoms with E-state index in [1.165, 1.54) is 31.2 Å². The number of hydrogen-bond donors (Lipinski definition) is 13. The van der Waals surface area contributed by atoms with Crippen molar-refractivity contribution >= 4 is 27.5 Å². The lowest BCUT2D eigenvalue weighted by atomic mass is 9.90. The molecule has 10 rings (SSSR count). The van der Waals surface area contributed by atoms with Crippen LogP contribution in [0, 0.1) is 6.92 Å². The third-order valence-corrected chi connectivity index (χ3v) is 13.1. The number of carbonyl (C=O) groups is 1. The highest BCUT2D eigenvalue weighted by molar-refractivity contribution is 6.00. The molecule has 3 aliphatic heterocycles. The number of hydrogen-bond acceptors (Lipinski definition) is 20. The van der Waals surface area contributed by atoms with Crippen molar-refractivity contribution in [1.29, 1.82) is 0 Å². The van der Waals surface area contributed by atoms with Gasteiger partial charge >= 0.3 is 5.97 Å². The Morgan fingerprint density at radius 3 is 1.69 bits per heavy atom. The molecule has 6 atom stereocenters. The zero-order chi connectivity index (χ0) is 50.6. The van der Waals surface area contributed by atoms with Crippen LogP contribution in [-0.2, 0) is 24.0 Å². The number of aromatic hydroxyl groups is 11. The van der Waals surface area contributed by atoms with Crippen molar-refractivity contribution in [1.82, 2.24) is 0 Å². The quantitative estimate of drug-likeness (QED) is 0.0816. The predicted molar refractivity (Wildman–Crippen MR) is 245 cm³/mol. The van der Waals surface area contributed by atoms with E-state index in [4.69, 9.17) is 18.9 Å². The summed E-state index contributed by atoms with van der Waals surface area (Å²) in [6, 6.07) is 12.7. The van der Waals surface area contributed by atoms with Crippen LogP contribution >= 0.6 is 0 Å². The molecule has 0 fully saturated rings. The number of fused-ring (bicyclic) bond motifs is 5. The van der Waals surface area contributed by atoms with Gasteiger partial charge in [0.05, 0.1) is 23.2 Å². The van der Waals surface area contributed by atoms with E-state index < -0.39 is 116 Å². The maximum absolute atomic E-state index is 14.6. The van der Waals surface area contributed by atoms with Gasteiger partial charge in [0.1, 0.15) is 52.1 Å². The van der Waals surface area contributed by atoms with Crippen molar-refractivity contribution in [3.05, 3.63) is 138 Å². The van der Waals surface area contributed by atoms with Gasteiger partial charge in [0, 0.05) is 100.0 Å². The van der Waals surface area contributed by atoms with Gasteiger partial charge in [-0.2, -0.15) is 0 Å². The highest BCUT2D eigenvalue weighted by Gasteiger charge is 2.40. The molecule has 0 saturated carbocycles. The van der Waals surface area contributed by atoms with E-state index in [2.05, 4.69) is 0 Å². The van der Waals surface area contributed by atoms with Crippen molar-refractivity contribution < 1.29 is 90.1 Å². The van der Waals surface area contributed by atoms with Crippen LogP contribution in [0.2, 0.25) is 0 Å². The van der Waals surface area contributed by atoms with Gasteiger partial charge in [-0.25, -0.2) is 4.79 Å². The molecule has 3 aliphatic rings. The molecule has 0 radical (unpaired) electrons. The van der Waals surface area contributed by atoms with E-state index in [9.17, 15) is 80.8 Å². The molecule has 0 spiro atoms. The monoisotopic (exact) mass is 972 g/mol. The van der Waals surface area contributed by atoms with Gasteiger partial charge in [-0.05, 0) is 54.1 Å². The van der Waals surface area contributed by atoms with Crippen molar-refractivity contribution in [2.45, 2.75) is 62.8 Å². The van der Waals surface area contributed by atoms with Crippen LogP contribution in [0.4, 0.5) is 0 Å². The normalized spacial score (nSPS) is 20.2. The highest BCUT2D eigenvalue weighted by atomic mass is 16.6. The third kappa shape index (κ3) is 7.61. The van der Waals surface area contributed by atoms with Crippen LogP contribution in [-0.4, -0.2) is 90.7 Å². The first-order valence-corrected chi connectivity index (χ1v) is 21.7. The van der Waals surface area contributed by atoms with Gasteiger partial charge in [0.2, 0.25) is 10.9 Å². The van der Waals surface area contributed by atoms with Crippen LogP contribution in [0.3, 0.4) is 0 Å². The summed E-state index contributed by atoms with van der Waals surface area (Å²) >= 11 is 0. The number of benzene rings is 5. The number of ether oxygens (including phenoxy) is 4. The first-order valence-electron chi connectivity index (χ1n) is 21.7. The smallest absolute Gasteiger partial charge is 0.338 e. The largest absolute Gasteiger partial charge is 0.508 e. The molecular weight excluding hydrogens is 933 g/mol. The molecule has 3 heterocycles. The molecule has 1 unspecified atom stereocenters. The Balaban J connectivity index is 1.12. The summed E-state index contributed by atoms with van der Waals surface area (Å²) in [5.41, 5.74) is -2.95. The van der Waals surface area contributed by atoms with Gasteiger partial charge in [-0.1, -0.05) is 0 Å². The molecule has 71 heavy (non-hydrogen) atoms. The number of esters is 1. The Labute approximate surface area is 397 Å². The summed E-state index contributed by atoms with van der Waals surface area (Å²) in [5, 5.41) is 140. The maximum Gasteiger partial charge on any atom is 0.338 e. The minimum Gasteiger partial charge on any atom is -0.508 e. The SMILES string of the molecule is Cc1c(O)cc([C@H]2Oc3cc(O)cc(O)c3C[C@H]2O)c2cc(C(=O)O[C@@H]3Cc4cc(O)cc(O)c4O[C@@H]3c3cc(O)c(=O)c4c(O)c(O)cc(C5Oc6cc(O)cc(O)c6C[C@H]5O)c4c3)cc(=O)c(O)c12. The zero-order valence-corrected chi connectivity index (χ0v) is 36.7. The third-order valence-electron chi connectivity index (χ3n) is 13.1. The molecule has 0 saturated heterocycles. The lowest BCUT2D eigenvalue weighted by Crippen LogP contribution is -2.34. The standard InChI is InChI=1S/C51H40O20/c1-17-30(55)13-26(49-37(62)15-28-31(56)8-22(53)11-39(28)68-49)24-4-20(6-34(59)44(64)42(17)24)51(67)70-41-7-18-2-21(52)10-36(61)47(18)71-48(41)19-3-25-27(14-35(60)46(66)43(25)45(65)33(58)5-19)50-38(63)16-29-32(57)9-23(54)12-40(29)69-50/h2-6,8-14,37-38,41,48-50,52-57,60-63,66H,7,15-16H2,1H3,(H,58,65)(H,59,64)/t37-,38-,41-,48-,49-,50?/m1/s1. The second kappa shape index (κ2) is 16.6. The summed E-state index contributed by atoms with van der Waals surface area (Å²) in [6.45, 7) is 1.38. The van der Waals surface area contributed by atoms with E-state index in [0.717, 1.165) is 48.5 Å². The zero-order valence-electron chi connectivity index (χ0n) is 36.7. The van der Waals surface area contributed by atoms with E-state index in [1.54, 1.807) is 0 Å². The lowest BCUT2D eigenvalue weighted by Gasteiger charge is -2.34. The molecule has 20 nitrogen and oxygen atoms in total. The molecule has 7 aromatic carbocycles. The Morgan fingerprint density at radius 2 is 1.08 bits per heavy atom. The lowest BCUT2D eigenvalue weighted by molar-refractivity contribution is -0.0190. The van der Waals surface area contributed by atoms with Crippen LogP contribution < -0.4 is 25.1 Å². The molecule has 20 heteroatoms. The van der Waals surface area contributed by atoms with Crippen molar-refractivity contribution in [2.24, 2.45) is 0 Å². The molecule has 0 aromatic heterocycles. The summed E-state index contributed by atoms with van der Waals surface area (Å²) in [5.74, 6) is -8.43. The fraction of sp³-hybridized carbons (Fsp3) is 0.196. The molecule has 13 N–H and O–H groups in total. The number of aryl methyl sites for hydroxylation is 1. The summed E-state index contributed by atoms with van der Waals surface area (Å²) in [7, 11) is 0. The Hall–Kier alpha value is -9.01.